The van der Waals surface area contributed by atoms with Gasteiger partial charge in [0.2, 0.25) is 0 Å². The smallest absolute Gasteiger partial charge is 0.355 e. The Hall–Kier alpha value is -4.80. The molecule has 1 aliphatic carbocycles. The molecule has 0 saturated heterocycles. The van der Waals surface area contributed by atoms with Crippen LogP contribution in [0.3, 0.4) is 0 Å². The van der Waals surface area contributed by atoms with E-state index >= 15 is 4.39 Å². The summed E-state index contributed by atoms with van der Waals surface area (Å²) in [6, 6.07) is 8.66. The van der Waals surface area contributed by atoms with E-state index < -0.39 is 23.8 Å². The number of ketones is 1. The predicted octanol–water partition coefficient (Wildman–Crippen LogP) is 6.12. The van der Waals surface area contributed by atoms with Gasteiger partial charge in [0.05, 0.1) is 41.2 Å². The predicted molar refractivity (Wildman–Crippen MR) is 160 cm³/mol. The first-order valence-corrected chi connectivity index (χ1v) is 13.9. The lowest BCUT2D eigenvalue weighted by molar-refractivity contribution is -0.135. The third-order valence-corrected chi connectivity index (χ3v) is 7.52. The molecule has 1 aliphatic rings. The van der Waals surface area contributed by atoms with Crippen molar-refractivity contribution >= 4 is 67.7 Å². The van der Waals surface area contributed by atoms with E-state index in [1.807, 2.05) is 0 Å². The van der Waals surface area contributed by atoms with Gasteiger partial charge in [0.15, 0.2) is 5.78 Å². The largest absolute Gasteiger partial charge is 0.463 e. The maximum Gasteiger partial charge on any atom is 0.355 e. The number of nitrogens with two attached hydrogens (primary N) is 1. The molecule has 6 rings (SSSR count). The molecular weight excluding hydrogens is 577 g/mol. The van der Waals surface area contributed by atoms with Crippen LogP contribution in [0.25, 0.3) is 38.3 Å². The number of rotatable bonds is 7. The zero-order chi connectivity index (χ0) is 30.4. The molecule has 0 amide bonds. The van der Waals surface area contributed by atoms with Gasteiger partial charge in [-0.2, -0.15) is 0 Å². The van der Waals surface area contributed by atoms with Crippen LogP contribution >= 0.6 is 11.6 Å². The fraction of sp³-hybridized carbons (Fsp3) is 0.188. The second-order valence-electron chi connectivity index (χ2n) is 10.1. The number of carbonyl (C=O) groups is 3. The minimum atomic E-state index is -0.799. The number of pyridine rings is 1. The number of nitrogens with zero attached hydrogens (tertiary/aromatic N) is 2. The summed E-state index contributed by atoms with van der Waals surface area (Å²) in [6.45, 7) is 3.25. The number of halogens is 2. The summed E-state index contributed by atoms with van der Waals surface area (Å²) >= 11 is 6.66. The van der Waals surface area contributed by atoms with Crippen molar-refractivity contribution in [2.45, 2.75) is 32.9 Å². The number of Topliss-reactive ketones (excluding diaryl/α,β-unsaturated/α-hetero) is 1. The lowest BCUT2D eigenvalue weighted by Crippen LogP contribution is -2.30. The van der Waals surface area contributed by atoms with Crippen LogP contribution in [0.15, 0.2) is 65.3 Å². The van der Waals surface area contributed by atoms with Crippen molar-refractivity contribution in [2.24, 2.45) is 5.73 Å². The third-order valence-electron chi connectivity index (χ3n) is 7.19. The first-order valence-electron chi connectivity index (χ1n) is 13.5. The molecule has 1 atom stereocenters. The molecule has 218 valence electrons. The molecule has 2 aromatic carbocycles. The molecule has 0 spiro atoms. The summed E-state index contributed by atoms with van der Waals surface area (Å²) in [5.74, 6) is -1.79. The Bertz CT molecular complexity index is 2040. The van der Waals surface area contributed by atoms with Crippen LogP contribution in [0.2, 0.25) is 5.15 Å². The molecule has 2 N–H and O–H groups in total. The highest BCUT2D eigenvalue weighted by molar-refractivity contribution is 6.31. The summed E-state index contributed by atoms with van der Waals surface area (Å²) < 4.78 is 33.4. The van der Waals surface area contributed by atoms with Crippen molar-refractivity contribution in [1.82, 2.24) is 9.55 Å². The van der Waals surface area contributed by atoms with Crippen LogP contribution in [0.4, 0.5) is 4.39 Å². The summed E-state index contributed by atoms with van der Waals surface area (Å²) in [4.78, 5) is 43.2. The van der Waals surface area contributed by atoms with Crippen molar-refractivity contribution in [3.05, 3.63) is 88.7 Å². The molecule has 3 aromatic heterocycles. The minimum Gasteiger partial charge on any atom is -0.463 e. The molecule has 0 aliphatic heterocycles. The Morgan fingerprint density at radius 1 is 1.23 bits per heavy atom. The number of fused-ring (bicyclic) bond motifs is 4. The zero-order valence-electron chi connectivity index (χ0n) is 23.1. The van der Waals surface area contributed by atoms with Crippen LogP contribution < -0.4 is 10.5 Å². The Kier molecular flexibility index (Phi) is 7.33. The van der Waals surface area contributed by atoms with E-state index in [-0.39, 0.29) is 58.5 Å². The third kappa shape index (κ3) is 4.98. The summed E-state index contributed by atoms with van der Waals surface area (Å²) in [5.41, 5.74) is 7.72. The highest BCUT2D eigenvalue weighted by Crippen LogP contribution is 2.41. The molecule has 43 heavy (non-hydrogen) atoms. The Labute approximate surface area is 249 Å². The molecule has 3 heterocycles. The van der Waals surface area contributed by atoms with E-state index in [1.54, 1.807) is 54.0 Å². The van der Waals surface area contributed by atoms with Gasteiger partial charge in [-0.15, -0.1) is 0 Å². The maximum atomic E-state index is 15.4. The Morgan fingerprint density at radius 2 is 2.05 bits per heavy atom. The first-order chi connectivity index (χ1) is 20.7. The van der Waals surface area contributed by atoms with Crippen LogP contribution in [-0.2, 0) is 20.9 Å². The first kappa shape index (κ1) is 28.3. The SMILES string of the molecule is CCOC(=O)c1c(C2=CC=CCC2=O)c2c3occc3c(F)cc2n1Cc1cc2ccc(OC(=O)C(C)N)cc2nc1Cl. The van der Waals surface area contributed by atoms with Gasteiger partial charge in [0.25, 0.3) is 0 Å². The van der Waals surface area contributed by atoms with E-state index in [2.05, 4.69) is 4.98 Å². The zero-order valence-corrected chi connectivity index (χ0v) is 23.9. The van der Waals surface area contributed by atoms with Gasteiger partial charge < -0.3 is 24.2 Å². The minimum absolute atomic E-state index is 0.0171. The van der Waals surface area contributed by atoms with Crippen molar-refractivity contribution < 1.29 is 32.7 Å². The number of aromatic nitrogens is 2. The molecule has 0 fully saturated rings. The van der Waals surface area contributed by atoms with Crippen molar-refractivity contribution in [3.63, 3.8) is 0 Å². The number of benzene rings is 2. The topological polar surface area (TPSA) is 127 Å². The highest BCUT2D eigenvalue weighted by Gasteiger charge is 2.32. The summed E-state index contributed by atoms with van der Waals surface area (Å²) in [6.07, 6.45) is 6.60. The number of hydrogen-bond donors (Lipinski definition) is 1. The van der Waals surface area contributed by atoms with E-state index in [9.17, 15) is 14.4 Å². The van der Waals surface area contributed by atoms with Crippen LogP contribution in [-0.4, -0.2) is 39.9 Å². The fourth-order valence-corrected chi connectivity index (χ4v) is 5.44. The van der Waals surface area contributed by atoms with E-state index in [0.717, 1.165) is 0 Å². The van der Waals surface area contributed by atoms with Crippen molar-refractivity contribution in [3.8, 4) is 5.75 Å². The maximum absolute atomic E-state index is 15.4. The number of esters is 2. The Balaban J connectivity index is 1.57. The van der Waals surface area contributed by atoms with Gasteiger partial charge in [0.1, 0.15) is 34.0 Å². The number of hydrogen-bond acceptors (Lipinski definition) is 8. The quantitative estimate of drug-likeness (QED) is 0.134. The molecule has 0 radical (unpaired) electrons. The van der Waals surface area contributed by atoms with Crippen molar-refractivity contribution in [1.29, 1.82) is 0 Å². The lowest BCUT2D eigenvalue weighted by Gasteiger charge is -2.14. The van der Waals surface area contributed by atoms with Gasteiger partial charge in [-0.3, -0.25) is 4.79 Å². The van der Waals surface area contributed by atoms with Gasteiger partial charge in [-0.1, -0.05) is 29.8 Å². The number of carbonyl (C=O) groups excluding carboxylic acids is 3. The number of furan rings is 1. The molecule has 0 saturated carbocycles. The van der Waals surface area contributed by atoms with Gasteiger partial charge in [-0.25, -0.2) is 19.0 Å². The molecule has 9 nitrogen and oxygen atoms in total. The average Bonchev–Trinajstić information content (AvgIpc) is 3.58. The number of ether oxygens (including phenoxy) is 2. The average molecular weight is 602 g/mol. The van der Waals surface area contributed by atoms with Gasteiger partial charge in [-0.05, 0) is 44.2 Å². The van der Waals surface area contributed by atoms with Crippen LogP contribution in [0, 0.1) is 5.82 Å². The van der Waals surface area contributed by atoms with Crippen molar-refractivity contribution in [2.75, 3.05) is 6.61 Å². The summed E-state index contributed by atoms with van der Waals surface area (Å²) in [5, 5.41) is 1.40. The molecule has 1 unspecified atom stereocenters. The standard InChI is InChI=1S/C32H25ClFN3O6/c1-3-41-32(40)28-26(21-6-4-5-7-25(21)38)27-24(14-22(34)20-10-11-42-29(20)27)37(28)15-18-12-17-8-9-19(43-31(39)16(2)35)13-23(17)36-30(18)33/h4-6,8-14,16H,3,7,15,35H2,1-2H3. The monoisotopic (exact) mass is 601 g/mol. The van der Waals surface area contributed by atoms with E-state index in [4.69, 9.17) is 31.2 Å². The molecule has 11 heteroatoms. The fourth-order valence-electron chi connectivity index (χ4n) is 5.23. The van der Waals surface area contributed by atoms with Crippen LogP contribution in [0.5, 0.6) is 5.75 Å². The number of allylic oxidation sites excluding steroid dienone is 4. The summed E-state index contributed by atoms with van der Waals surface area (Å²) in [7, 11) is 0. The highest BCUT2D eigenvalue weighted by atomic mass is 35.5. The normalized spacial score (nSPS) is 14.0. The lowest BCUT2D eigenvalue weighted by atomic mass is 9.93. The van der Waals surface area contributed by atoms with Crippen LogP contribution in [0.1, 0.15) is 41.9 Å². The molecule has 5 aromatic rings. The second kappa shape index (κ2) is 11.1. The Morgan fingerprint density at radius 3 is 2.79 bits per heavy atom. The molecular formula is C32H25ClFN3O6. The molecule has 0 bridgehead atoms. The second-order valence-corrected chi connectivity index (χ2v) is 10.4. The van der Waals surface area contributed by atoms with E-state index in [1.165, 1.54) is 25.3 Å². The van der Waals surface area contributed by atoms with E-state index in [0.29, 0.717) is 32.9 Å². The van der Waals surface area contributed by atoms with Gasteiger partial charge in [0, 0.05) is 34.6 Å². The van der Waals surface area contributed by atoms with Gasteiger partial charge >= 0.3 is 11.9 Å².